The van der Waals surface area contributed by atoms with Crippen LogP contribution in [0.2, 0.25) is 0 Å². The Labute approximate surface area is 171 Å². The van der Waals surface area contributed by atoms with Gasteiger partial charge in [0.05, 0.1) is 0 Å². The fourth-order valence-corrected chi connectivity index (χ4v) is 3.67. The van der Waals surface area contributed by atoms with Crippen LogP contribution >= 0.6 is 12.6 Å². The maximum Gasteiger partial charge on any atom is 0.208 e. The Hall–Kier alpha value is -4.19. The van der Waals surface area contributed by atoms with E-state index in [0.29, 0.717) is 4.90 Å². The summed E-state index contributed by atoms with van der Waals surface area (Å²) in [7, 11) is 0. The first-order valence-corrected chi connectivity index (χ1v) is 8.60. The molecular formula is C18H11NO10S. The number of benzene rings is 3. The van der Waals surface area contributed by atoms with E-state index in [4.69, 9.17) is 9.47 Å². The Morgan fingerprint density at radius 3 is 1.30 bits per heavy atom. The highest BCUT2D eigenvalue weighted by atomic mass is 32.1. The summed E-state index contributed by atoms with van der Waals surface area (Å²) >= 11 is 4.22. The molecule has 0 radical (unpaired) electrons. The summed E-state index contributed by atoms with van der Waals surface area (Å²) in [5.74, 6) is -9.14. The van der Waals surface area contributed by atoms with Crippen LogP contribution in [0.1, 0.15) is 0 Å². The summed E-state index contributed by atoms with van der Waals surface area (Å²) in [4.78, 5) is 1.33. The number of hydrogen-bond acceptors (Lipinski definition) is 12. The molecule has 8 N–H and O–H groups in total. The van der Waals surface area contributed by atoms with Crippen LogP contribution in [0, 0.1) is 0 Å². The zero-order valence-electron chi connectivity index (χ0n) is 14.4. The molecule has 0 spiro atoms. The topological polar surface area (TPSA) is 184 Å². The molecule has 3 aromatic carbocycles. The van der Waals surface area contributed by atoms with Crippen LogP contribution in [-0.2, 0) is 0 Å². The summed E-state index contributed by atoms with van der Waals surface area (Å²) < 4.78 is 11.2. The number of phenolic OH excluding ortho intramolecular Hbond substituents is 8. The van der Waals surface area contributed by atoms with Gasteiger partial charge in [0.1, 0.15) is 17.1 Å². The number of rotatable bonds is 0. The minimum absolute atomic E-state index is 0.0121. The number of aromatic hydroxyl groups is 8. The maximum absolute atomic E-state index is 10.5. The molecule has 0 aromatic heterocycles. The van der Waals surface area contributed by atoms with Crippen LogP contribution in [0.25, 0.3) is 0 Å². The first-order valence-electron chi connectivity index (χ1n) is 8.15. The van der Waals surface area contributed by atoms with E-state index in [1.165, 1.54) is 12.1 Å². The van der Waals surface area contributed by atoms with Gasteiger partial charge in [-0.1, -0.05) is 0 Å². The molecule has 2 aliphatic rings. The molecule has 0 saturated carbocycles. The van der Waals surface area contributed by atoms with Crippen molar-refractivity contribution >= 4 is 29.7 Å². The number of phenols is 8. The number of ether oxygens (including phenoxy) is 2. The second-order valence-corrected chi connectivity index (χ2v) is 6.99. The fourth-order valence-electron chi connectivity index (χ4n) is 3.44. The van der Waals surface area contributed by atoms with Crippen molar-refractivity contribution in [2.24, 2.45) is 0 Å². The van der Waals surface area contributed by atoms with E-state index in [-0.39, 0.29) is 17.2 Å². The van der Waals surface area contributed by atoms with Crippen LogP contribution < -0.4 is 14.4 Å². The average Bonchev–Trinajstić information content (AvgIpc) is 2.72. The van der Waals surface area contributed by atoms with Crippen molar-refractivity contribution in [1.29, 1.82) is 0 Å². The molecule has 0 amide bonds. The molecule has 0 saturated heterocycles. The third kappa shape index (κ3) is 1.94. The summed E-state index contributed by atoms with van der Waals surface area (Å²) in [6.07, 6.45) is 0. The lowest BCUT2D eigenvalue weighted by Gasteiger charge is -2.38. The van der Waals surface area contributed by atoms with Crippen molar-refractivity contribution in [3.63, 3.8) is 0 Å². The highest BCUT2D eigenvalue weighted by Crippen LogP contribution is 2.71. The zero-order valence-corrected chi connectivity index (χ0v) is 15.3. The molecule has 0 aliphatic carbocycles. The Balaban J connectivity index is 1.98. The Morgan fingerprint density at radius 1 is 0.533 bits per heavy atom. The van der Waals surface area contributed by atoms with Gasteiger partial charge in [0, 0.05) is 4.90 Å². The quantitative estimate of drug-likeness (QED) is 0.0992. The smallest absolute Gasteiger partial charge is 0.208 e. The first-order chi connectivity index (χ1) is 14.1. The summed E-state index contributed by atoms with van der Waals surface area (Å²) in [6.45, 7) is 0. The zero-order chi connectivity index (χ0) is 21.6. The Morgan fingerprint density at radius 2 is 0.900 bits per heavy atom. The van der Waals surface area contributed by atoms with E-state index in [2.05, 4.69) is 12.6 Å². The van der Waals surface area contributed by atoms with Crippen molar-refractivity contribution in [2.45, 2.75) is 4.90 Å². The molecule has 11 nitrogen and oxygen atoms in total. The normalized spacial score (nSPS) is 13.0. The minimum Gasteiger partial charge on any atom is -0.503 e. The Bertz CT molecular complexity index is 1210. The van der Waals surface area contributed by atoms with Gasteiger partial charge in [-0.2, -0.15) is 0 Å². The van der Waals surface area contributed by atoms with Gasteiger partial charge in [-0.3, -0.25) is 4.90 Å². The lowest BCUT2D eigenvalue weighted by molar-refractivity contribution is 0.323. The molecule has 0 fully saturated rings. The van der Waals surface area contributed by atoms with Crippen molar-refractivity contribution < 1.29 is 50.3 Å². The number of hydrogen-bond donors (Lipinski definition) is 9. The van der Waals surface area contributed by atoms with Gasteiger partial charge in [-0.25, -0.2) is 0 Å². The second kappa shape index (κ2) is 5.45. The monoisotopic (exact) mass is 433 g/mol. The lowest BCUT2D eigenvalue weighted by Crippen LogP contribution is -2.21. The molecular weight excluding hydrogens is 422 g/mol. The molecule has 5 rings (SSSR count). The van der Waals surface area contributed by atoms with Gasteiger partial charge >= 0.3 is 0 Å². The molecule has 2 aliphatic heterocycles. The van der Waals surface area contributed by atoms with Gasteiger partial charge < -0.3 is 50.3 Å². The first kappa shape index (κ1) is 17.9. The van der Waals surface area contributed by atoms with E-state index in [1.807, 2.05) is 0 Å². The van der Waals surface area contributed by atoms with Crippen LogP contribution in [0.15, 0.2) is 17.0 Å². The third-order valence-corrected chi connectivity index (χ3v) is 5.03. The summed E-state index contributed by atoms with van der Waals surface area (Å²) in [5, 5.41) is 81.4. The highest BCUT2D eigenvalue weighted by molar-refractivity contribution is 7.80. The minimum atomic E-state index is -1.09. The van der Waals surface area contributed by atoms with E-state index in [1.54, 1.807) is 0 Å². The summed E-state index contributed by atoms with van der Waals surface area (Å²) in [5.41, 5.74) is -0.868. The second-order valence-electron chi connectivity index (χ2n) is 6.47. The molecule has 2 heterocycles. The standard InChI is InChI=1S/C18H11NO10S/c20-9-7-17(15(26)13(24)11(9)22)28-4-1-3(30)2-5-6(4)19(7)8-10(21)12(23)14(25)16(27)18(8)29-5/h1-2,20-27,30H. The maximum atomic E-state index is 10.5. The molecule has 3 aromatic rings. The van der Waals surface area contributed by atoms with E-state index < -0.39 is 68.9 Å². The number of nitrogens with zero attached hydrogens (tertiary/aromatic N) is 1. The SMILES string of the molecule is Oc1c(O)c(O)c2c(c1O)Oc1cc(S)cc3c1N2c1c(O)c(O)c(O)c(O)c1O3. The Kier molecular flexibility index (Phi) is 3.25. The van der Waals surface area contributed by atoms with Crippen molar-refractivity contribution in [2.75, 3.05) is 4.90 Å². The third-order valence-electron chi connectivity index (χ3n) is 4.77. The van der Waals surface area contributed by atoms with Gasteiger partial charge in [-0.05, 0) is 12.1 Å². The predicted molar refractivity (Wildman–Crippen MR) is 102 cm³/mol. The predicted octanol–water partition coefficient (Wildman–Crippen LogP) is 3.30. The van der Waals surface area contributed by atoms with E-state index in [0.717, 1.165) is 4.90 Å². The number of anilines is 3. The molecule has 0 unspecified atom stereocenters. The number of fused-ring (bicyclic) bond motifs is 4. The molecule has 12 heteroatoms. The summed E-state index contributed by atoms with van der Waals surface area (Å²) in [6, 6.07) is 2.79. The fraction of sp³-hybridized carbons (Fsp3) is 0. The van der Waals surface area contributed by atoms with Gasteiger partial charge in [0.25, 0.3) is 0 Å². The van der Waals surface area contributed by atoms with Crippen LogP contribution in [0.3, 0.4) is 0 Å². The van der Waals surface area contributed by atoms with Crippen molar-refractivity contribution in [1.82, 2.24) is 0 Å². The van der Waals surface area contributed by atoms with E-state index in [9.17, 15) is 40.9 Å². The van der Waals surface area contributed by atoms with Crippen LogP contribution in [0.5, 0.6) is 69.0 Å². The largest absolute Gasteiger partial charge is 0.503 e. The van der Waals surface area contributed by atoms with Gasteiger partial charge in [0.2, 0.25) is 46.0 Å². The molecule has 154 valence electrons. The molecule has 30 heavy (non-hydrogen) atoms. The van der Waals surface area contributed by atoms with Gasteiger partial charge in [-0.15, -0.1) is 12.6 Å². The lowest BCUT2D eigenvalue weighted by atomic mass is 10.0. The highest BCUT2D eigenvalue weighted by Gasteiger charge is 2.44. The average molecular weight is 433 g/mol. The van der Waals surface area contributed by atoms with Gasteiger partial charge in [0.15, 0.2) is 23.0 Å². The van der Waals surface area contributed by atoms with Crippen LogP contribution in [0.4, 0.5) is 17.1 Å². The number of thiol groups is 1. The van der Waals surface area contributed by atoms with Crippen LogP contribution in [-0.4, -0.2) is 40.9 Å². The molecule has 0 atom stereocenters. The van der Waals surface area contributed by atoms with E-state index >= 15 is 0 Å². The molecule has 0 bridgehead atoms. The van der Waals surface area contributed by atoms with Crippen molar-refractivity contribution in [3.05, 3.63) is 12.1 Å². The van der Waals surface area contributed by atoms with Crippen molar-refractivity contribution in [3.8, 4) is 69.0 Å².